The van der Waals surface area contributed by atoms with Crippen LogP contribution in [0.15, 0.2) is 57.1 Å². The zero-order chi connectivity index (χ0) is 14.1. The predicted molar refractivity (Wildman–Crippen MR) is 82.3 cm³/mol. The third kappa shape index (κ3) is 2.30. The highest BCUT2D eigenvalue weighted by Crippen LogP contribution is 2.32. The van der Waals surface area contributed by atoms with Gasteiger partial charge in [0.1, 0.15) is 5.84 Å². The van der Waals surface area contributed by atoms with Crippen molar-refractivity contribution in [2.75, 3.05) is 0 Å². The predicted octanol–water partition coefficient (Wildman–Crippen LogP) is 2.93. The molecule has 0 amide bonds. The molecule has 2 aromatic heterocycles. The SMILES string of the molecule is N=C(N)c1c(Br)cccc1Sc1nnc2ccccn12. The summed E-state index contributed by atoms with van der Waals surface area (Å²) >= 11 is 4.86. The first-order valence-corrected chi connectivity index (χ1v) is 7.38. The van der Waals surface area contributed by atoms with Crippen LogP contribution in [0.2, 0.25) is 0 Å². The molecule has 2 heterocycles. The third-order valence-electron chi connectivity index (χ3n) is 2.73. The van der Waals surface area contributed by atoms with Crippen molar-refractivity contribution in [2.24, 2.45) is 5.73 Å². The van der Waals surface area contributed by atoms with E-state index in [-0.39, 0.29) is 5.84 Å². The van der Waals surface area contributed by atoms with Crippen LogP contribution in [-0.4, -0.2) is 20.4 Å². The number of aromatic nitrogens is 3. The zero-order valence-corrected chi connectivity index (χ0v) is 12.6. The molecule has 20 heavy (non-hydrogen) atoms. The number of amidine groups is 1. The van der Waals surface area contributed by atoms with Gasteiger partial charge in [-0.3, -0.25) is 9.81 Å². The van der Waals surface area contributed by atoms with Crippen LogP contribution in [0, 0.1) is 5.41 Å². The van der Waals surface area contributed by atoms with E-state index in [4.69, 9.17) is 11.1 Å². The first-order valence-electron chi connectivity index (χ1n) is 5.77. The van der Waals surface area contributed by atoms with E-state index in [1.54, 1.807) is 0 Å². The van der Waals surface area contributed by atoms with E-state index in [1.807, 2.05) is 47.0 Å². The second-order valence-electron chi connectivity index (χ2n) is 4.04. The summed E-state index contributed by atoms with van der Waals surface area (Å²) in [5, 5.41) is 16.7. The average Bonchev–Trinajstić information content (AvgIpc) is 2.82. The summed E-state index contributed by atoms with van der Waals surface area (Å²) < 4.78 is 2.69. The van der Waals surface area contributed by atoms with Gasteiger partial charge in [0.15, 0.2) is 10.8 Å². The number of benzene rings is 1. The number of fused-ring (bicyclic) bond motifs is 1. The molecule has 0 fully saturated rings. The maximum Gasteiger partial charge on any atom is 0.200 e. The van der Waals surface area contributed by atoms with Crippen LogP contribution in [0.1, 0.15) is 5.56 Å². The fourth-order valence-electron chi connectivity index (χ4n) is 1.84. The highest BCUT2D eigenvalue weighted by atomic mass is 79.9. The minimum atomic E-state index is 0.0220. The summed E-state index contributed by atoms with van der Waals surface area (Å²) in [5.74, 6) is 0.0220. The second kappa shape index (κ2) is 5.26. The topological polar surface area (TPSA) is 80.1 Å². The Bertz CT molecular complexity index is 798. The summed E-state index contributed by atoms with van der Waals surface area (Å²) in [7, 11) is 0. The molecule has 0 saturated carbocycles. The number of nitrogens with two attached hydrogens (primary N) is 1. The van der Waals surface area contributed by atoms with Gasteiger partial charge in [-0.2, -0.15) is 0 Å². The highest BCUT2D eigenvalue weighted by molar-refractivity contribution is 9.10. The molecule has 0 aliphatic carbocycles. The summed E-state index contributed by atoms with van der Waals surface area (Å²) in [6.07, 6.45) is 1.91. The van der Waals surface area contributed by atoms with E-state index < -0.39 is 0 Å². The van der Waals surface area contributed by atoms with Gasteiger partial charge in [-0.15, -0.1) is 10.2 Å². The van der Waals surface area contributed by atoms with E-state index >= 15 is 0 Å². The van der Waals surface area contributed by atoms with E-state index in [0.29, 0.717) is 5.56 Å². The second-order valence-corrected chi connectivity index (χ2v) is 5.90. The van der Waals surface area contributed by atoms with Gasteiger partial charge in [-0.05, 0) is 52.0 Å². The molecule has 3 N–H and O–H groups in total. The molecule has 0 aliphatic rings. The monoisotopic (exact) mass is 347 g/mol. The summed E-state index contributed by atoms with van der Waals surface area (Å²) in [6.45, 7) is 0. The maximum absolute atomic E-state index is 7.70. The minimum Gasteiger partial charge on any atom is -0.384 e. The number of hydrogen-bond donors (Lipinski definition) is 2. The smallest absolute Gasteiger partial charge is 0.200 e. The van der Waals surface area contributed by atoms with E-state index in [1.165, 1.54) is 11.8 Å². The first-order chi connectivity index (χ1) is 9.66. The molecular formula is C13H10BrN5S. The summed E-state index contributed by atoms with van der Waals surface area (Å²) in [6, 6.07) is 11.4. The highest BCUT2D eigenvalue weighted by Gasteiger charge is 2.14. The molecule has 0 atom stereocenters. The van der Waals surface area contributed by atoms with Crippen molar-refractivity contribution in [3.05, 3.63) is 52.6 Å². The van der Waals surface area contributed by atoms with Crippen molar-refractivity contribution in [3.63, 3.8) is 0 Å². The lowest BCUT2D eigenvalue weighted by molar-refractivity contribution is 0.921. The molecule has 0 unspecified atom stereocenters. The van der Waals surface area contributed by atoms with Gasteiger partial charge < -0.3 is 5.73 Å². The van der Waals surface area contributed by atoms with Crippen molar-refractivity contribution in [3.8, 4) is 0 Å². The minimum absolute atomic E-state index is 0.0220. The Balaban J connectivity index is 2.08. The molecular weight excluding hydrogens is 338 g/mol. The van der Waals surface area contributed by atoms with Crippen LogP contribution in [0.4, 0.5) is 0 Å². The Kier molecular flexibility index (Phi) is 3.45. The van der Waals surface area contributed by atoms with Gasteiger partial charge in [0, 0.05) is 21.1 Å². The average molecular weight is 348 g/mol. The van der Waals surface area contributed by atoms with Crippen LogP contribution in [0.3, 0.4) is 0 Å². The maximum atomic E-state index is 7.70. The largest absolute Gasteiger partial charge is 0.384 e. The Morgan fingerprint density at radius 1 is 1.20 bits per heavy atom. The molecule has 7 heteroatoms. The molecule has 0 radical (unpaired) electrons. The van der Waals surface area contributed by atoms with Gasteiger partial charge in [0.25, 0.3) is 0 Å². The van der Waals surface area contributed by atoms with Crippen molar-refractivity contribution in [1.82, 2.24) is 14.6 Å². The number of hydrogen-bond acceptors (Lipinski definition) is 4. The number of pyridine rings is 1. The molecule has 0 saturated heterocycles. The number of nitrogen functional groups attached to an aromatic ring is 1. The van der Waals surface area contributed by atoms with Crippen molar-refractivity contribution >= 4 is 39.2 Å². The van der Waals surface area contributed by atoms with Gasteiger partial charge in [-0.1, -0.05) is 12.1 Å². The van der Waals surface area contributed by atoms with Crippen molar-refractivity contribution in [1.29, 1.82) is 5.41 Å². The van der Waals surface area contributed by atoms with E-state index in [9.17, 15) is 0 Å². The van der Waals surface area contributed by atoms with Gasteiger partial charge in [0.05, 0.1) is 0 Å². The van der Waals surface area contributed by atoms with Crippen LogP contribution in [0.5, 0.6) is 0 Å². The summed E-state index contributed by atoms with van der Waals surface area (Å²) in [5.41, 5.74) is 7.11. The summed E-state index contributed by atoms with van der Waals surface area (Å²) in [4.78, 5) is 0.866. The van der Waals surface area contributed by atoms with Crippen LogP contribution in [0.25, 0.3) is 5.65 Å². The molecule has 3 aromatic rings. The fourth-order valence-corrected chi connectivity index (χ4v) is 3.55. The molecule has 0 bridgehead atoms. The Morgan fingerprint density at radius 2 is 2.05 bits per heavy atom. The molecule has 1 aromatic carbocycles. The van der Waals surface area contributed by atoms with Crippen molar-refractivity contribution in [2.45, 2.75) is 10.1 Å². The lowest BCUT2D eigenvalue weighted by Gasteiger charge is -2.08. The van der Waals surface area contributed by atoms with Gasteiger partial charge >= 0.3 is 0 Å². The number of rotatable bonds is 3. The van der Waals surface area contributed by atoms with E-state index in [0.717, 1.165) is 20.2 Å². The van der Waals surface area contributed by atoms with Crippen LogP contribution < -0.4 is 5.73 Å². The Labute approximate surface area is 127 Å². The normalized spacial score (nSPS) is 10.8. The third-order valence-corrected chi connectivity index (χ3v) is 4.41. The van der Waals surface area contributed by atoms with Gasteiger partial charge in [-0.25, -0.2) is 0 Å². The number of halogens is 1. The zero-order valence-electron chi connectivity index (χ0n) is 10.2. The molecule has 100 valence electrons. The molecule has 5 nitrogen and oxygen atoms in total. The lowest BCUT2D eigenvalue weighted by atomic mass is 10.2. The van der Waals surface area contributed by atoms with E-state index in [2.05, 4.69) is 26.1 Å². The number of nitrogens with zero attached hydrogens (tertiary/aromatic N) is 3. The Hall–Kier alpha value is -1.86. The quantitative estimate of drug-likeness (QED) is 0.563. The van der Waals surface area contributed by atoms with Gasteiger partial charge in [0.2, 0.25) is 0 Å². The lowest BCUT2D eigenvalue weighted by Crippen LogP contribution is -2.13. The standard InChI is InChI=1S/C13H10BrN5S/c14-8-4-3-5-9(11(8)12(15)16)20-13-18-17-10-6-1-2-7-19(10)13/h1-7H,(H3,15,16). The van der Waals surface area contributed by atoms with Crippen LogP contribution in [-0.2, 0) is 0 Å². The number of nitrogens with one attached hydrogen (secondary N) is 1. The van der Waals surface area contributed by atoms with Crippen molar-refractivity contribution < 1.29 is 0 Å². The molecule has 0 aliphatic heterocycles. The fraction of sp³-hybridized carbons (Fsp3) is 0. The molecule has 0 spiro atoms. The first kappa shape index (κ1) is 13.1. The van der Waals surface area contributed by atoms with Crippen LogP contribution >= 0.6 is 27.7 Å². The molecule has 3 rings (SSSR count). The Morgan fingerprint density at radius 3 is 2.85 bits per heavy atom.